The van der Waals surface area contributed by atoms with E-state index in [9.17, 15) is 28.3 Å². The Labute approximate surface area is 262 Å². The number of nitrogens with one attached hydrogen (secondary N) is 2. The van der Waals surface area contributed by atoms with Crippen molar-refractivity contribution in [2.45, 2.75) is 58.7 Å². The molecule has 0 radical (unpaired) electrons. The van der Waals surface area contributed by atoms with Crippen LogP contribution in [0.4, 0.5) is 8.78 Å². The summed E-state index contributed by atoms with van der Waals surface area (Å²) >= 11 is 5.29. The van der Waals surface area contributed by atoms with Gasteiger partial charge in [-0.05, 0) is 92.8 Å². The van der Waals surface area contributed by atoms with Crippen LogP contribution in [0.1, 0.15) is 86.8 Å². The number of carbonyl (C=O) groups is 3. The molecule has 0 spiro atoms. The Morgan fingerprint density at radius 1 is 1.13 bits per heavy atom. The Morgan fingerprint density at radius 3 is 2.51 bits per heavy atom. The summed E-state index contributed by atoms with van der Waals surface area (Å²) < 4.78 is 38.1. The highest BCUT2D eigenvalue weighted by atomic mass is 35.5. The Bertz CT molecular complexity index is 1770. The summed E-state index contributed by atoms with van der Waals surface area (Å²) in [5.41, 5.74) is 2.41. The molecule has 14 heteroatoms. The van der Waals surface area contributed by atoms with Gasteiger partial charge in [-0.15, -0.1) is 0 Å². The maximum Gasteiger partial charge on any atom is 0.354 e. The molecule has 5 rings (SSSR count). The number of rotatable bonds is 7. The third-order valence-electron chi connectivity index (χ3n) is 6.98. The SMILES string of the molecule is COc1cc(CNCl)ccc1F.Cc1c(C(=O)OC(C)(C)C)ccc2c1CC[C@@H]2NC(=O)c1cc(C(=O)O)nc2c(F)cnn12. The zero-order chi connectivity index (χ0) is 33.1. The van der Waals surface area contributed by atoms with E-state index in [1.165, 1.54) is 13.2 Å². The number of hydrogen-bond donors (Lipinski definition) is 3. The molecule has 1 atom stereocenters. The van der Waals surface area contributed by atoms with Gasteiger partial charge in [-0.25, -0.2) is 32.7 Å². The summed E-state index contributed by atoms with van der Waals surface area (Å²) in [7, 11) is 1.43. The highest BCUT2D eigenvalue weighted by Crippen LogP contribution is 2.35. The van der Waals surface area contributed by atoms with Crippen LogP contribution in [0.15, 0.2) is 42.6 Å². The first kappa shape index (κ1) is 33.3. The van der Waals surface area contributed by atoms with Gasteiger partial charge in [-0.1, -0.05) is 12.1 Å². The van der Waals surface area contributed by atoms with Crippen molar-refractivity contribution in [3.8, 4) is 5.75 Å². The normalized spacial score (nSPS) is 13.9. The molecule has 0 bridgehead atoms. The van der Waals surface area contributed by atoms with E-state index in [1.807, 2.05) is 6.92 Å². The molecule has 45 heavy (non-hydrogen) atoms. The Kier molecular flexibility index (Phi) is 10.0. The zero-order valence-electron chi connectivity index (χ0n) is 25.2. The largest absolute Gasteiger partial charge is 0.494 e. The fraction of sp³-hybridized carbons (Fsp3) is 0.323. The number of methoxy groups -OCH3 is 1. The van der Waals surface area contributed by atoms with Gasteiger partial charge in [-0.3, -0.25) is 4.79 Å². The average molecular weight is 644 g/mol. The Balaban J connectivity index is 0.000000323. The minimum atomic E-state index is -1.39. The number of carboxylic acids is 1. The van der Waals surface area contributed by atoms with Crippen LogP contribution in [0, 0.1) is 18.6 Å². The fourth-order valence-corrected chi connectivity index (χ4v) is 5.07. The lowest BCUT2D eigenvalue weighted by molar-refractivity contribution is 0.00682. The molecule has 4 aromatic rings. The number of esters is 1. The predicted molar refractivity (Wildman–Crippen MR) is 160 cm³/mol. The molecule has 1 amide bonds. The summed E-state index contributed by atoms with van der Waals surface area (Å²) in [6.07, 6.45) is 2.11. The molecule has 0 saturated heterocycles. The molecule has 238 valence electrons. The predicted octanol–water partition coefficient (Wildman–Crippen LogP) is 5.33. The Morgan fingerprint density at radius 2 is 1.87 bits per heavy atom. The van der Waals surface area contributed by atoms with Crippen LogP contribution in [0.5, 0.6) is 5.75 Å². The lowest BCUT2D eigenvalue weighted by Crippen LogP contribution is -2.29. The van der Waals surface area contributed by atoms with Crippen molar-refractivity contribution in [1.82, 2.24) is 24.8 Å². The smallest absolute Gasteiger partial charge is 0.354 e. The maximum atomic E-state index is 14.0. The quantitative estimate of drug-likeness (QED) is 0.180. The van der Waals surface area contributed by atoms with Crippen LogP contribution in [-0.2, 0) is 17.7 Å². The Hall–Kier alpha value is -4.62. The number of aromatic carboxylic acids is 1. The summed E-state index contributed by atoms with van der Waals surface area (Å²) in [6, 6.07) is 8.76. The van der Waals surface area contributed by atoms with E-state index in [-0.39, 0.29) is 28.9 Å². The lowest BCUT2D eigenvalue weighted by atomic mass is 9.97. The van der Waals surface area contributed by atoms with Crippen molar-refractivity contribution >= 4 is 35.3 Å². The second kappa shape index (κ2) is 13.6. The van der Waals surface area contributed by atoms with Gasteiger partial charge in [0.05, 0.1) is 24.9 Å². The number of benzene rings is 2. The van der Waals surface area contributed by atoms with E-state index in [0.29, 0.717) is 24.9 Å². The van der Waals surface area contributed by atoms with E-state index in [2.05, 4.69) is 20.2 Å². The number of carbonyl (C=O) groups excluding carboxylic acids is 2. The van der Waals surface area contributed by atoms with Gasteiger partial charge in [-0.2, -0.15) is 5.10 Å². The van der Waals surface area contributed by atoms with Gasteiger partial charge < -0.3 is 19.9 Å². The standard InChI is InChI=1S/C23H23FN4O5.C8H9ClFNO/c1-11-12-7-8-16(14(12)6-5-13(11)22(32)33-23(2,3)4)27-20(29)18-9-17(21(30)31)26-19-15(24)10-25-28(18)19;1-12-8-4-6(5-11-9)2-3-7(8)10/h5-6,9-10,16H,7-8H2,1-4H3,(H,27,29)(H,30,31);2-4,11H,5H2,1H3/t16-;/m0./s1. The first-order valence-corrected chi connectivity index (χ1v) is 14.2. The third kappa shape index (κ3) is 7.55. The molecule has 2 aromatic carbocycles. The average Bonchev–Trinajstić information content (AvgIpc) is 3.56. The summed E-state index contributed by atoms with van der Waals surface area (Å²) in [5, 5.41) is 16.0. The summed E-state index contributed by atoms with van der Waals surface area (Å²) in [5.74, 6) is -3.36. The van der Waals surface area contributed by atoms with Gasteiger partial charge in [0.1, 0.15) is 11.3 Å². The first-order valence-electron chi connectivity index (χ1n) is 13.8. The number of hydrogen-bond acceptors (Lipinski definition) is 8. The molecule has 0 unspecified atom stereocenters. The monoisotopic (exact) mass is 643 g/mol. The number of amides is 1. The van der Waals surface area contributed by atoms with E-state index < -0.39 is 35.0 Å². The zero-order valence-corrected chi connectivity index (χ0v) is 26.0. The highest BCUT2D eigenvalue weighted by molar-refractivity contribution is 6.13. The molecule has 11 nitrogen and oxygen atoms in total. The van der Waals surface area contributed by atoms with Crippen molar-refractivity contribution in [2.75, 3.05) is 7.11 Å². The third-order valence-corrected chi connectivity index (χ3v) is 7.12. The maximum absolute atomic E-state index is 14.0. The van der Waals surface area contributed by atoms with Crippen LogP contribution >= 0.6 is 11.8 Å². The van der Waals surface area contributed by atoms with Crippen molar-refractivity contribution in [3.63, 3.8) is 0 Å². The van der Waals surface area contributed by atoms with Crippen molar-refractivity contribution < 1.29 is 37.7 Å². The molecule has 0 saturated carbocycles. The first-order chi connectivity index (χ1) is 21.2. The van der Waals surface area contributed by atoms with Gasteiger partial charge in [0.2, 0.25) is 0 Å². The second-order valence-electron chi connectivity index (χ2n) is 11.2. The minimum absolute atomic E-state index is 0.142. The van der Waals surface area contributed by atoms with Crippen LogP contribution in [-0.4, -0.2) is 50.3 Å². The van der Waals surface area contributed by atoms with Crippen LogP contribution in [0.3, 0.4) is 0 Å². The van der Waals surface area contributed by atoms with E-state index >= 15 is 0 Å². The number of halogens is 3. The van der Waals surface area contributed by atoms with Crippen LogP contribution < -0.4 is 14.9 Å². The lowest BCUT2D eigenvalue weighted by Gasteiger charge is -2.21. The minimum Gasteiger partial charge on any atom is -0.494 e. The van der Waals surface area contributed by atoms with Gasteiger partial charge in [0.15, 0.2) is 28.7 Å². The van der Waals surface area contributed by atoms with Crippen LogP contribution in [0.25, 0.3) is 5.65 Å². The van der Waals surface area contributed by atoms with E-state index in [4.69, 9.17) is 21.3 Å². The van der Waals surface area contributed by atoms with Gasteiger partial charge in [0, 0.05) is 12.6 Å². The van der Waals surface area contributed by atoms with Gasteiger partial charge >= 0.3 is 11.9 Å². The molecule has 3 N–H and O–H groups in total. The number of aromatic nitrogens is 3. The number of ether oxygens (including phenoxy) is 2. The highest BCUT2D eigenvalue weighted by Gasteiger charge is 2.30. The molecule has 0 aliphatic heterocycles. The van der Waals surface area contributed by atoms with Gasteiger partial charge in [0.25, 0.3) is 5.91 Å². The van der Waals surface area contributed by atoms with E-state index in [1.54, 1.807) is 45.0 Å². The molecular formula is C31H32ClF2N5O6. The summed E-state index contributed by atoms with van der Waals surface area (Å²) in [4.78, 5) is 43.1. The molecule has 1 aliphatic rings. The number of nitrogens with zero attached hydrogens (tertiary/aromatic N) is 3. The van der Waals surface area contributed by atoms with Crippen molar-refractivity contribution in [1.29, 1.82) is 0 Å². The molecular weight excluding hydrogens is 612 g/mol. The topological polar surface area (TPSA) is 144 Å². The van der Waals surface area contributed by atoms with Crippen LogP contribution in [0.2, 0.25) is 0 Å². The molecule has 1 aliphatic carbocycles. The van der Waals surface area contributed by atoms with Crippen molar-refractivity contribution in [2.24, 2.45) is 0 Å². The second-order valence-corrected chi connectivity index (χ2v) is 11.5. The molecule has 2 aromatic heterocycles. The molecule has 0 fully saturated rings. The molecule has 2 heterocycles. The summed E-state index contributed by atoms with van der Waals surface area (Å²) in [6.45, 7) is 7.74. The van der Waals surface area contributed by atoms with Crippen molar-refractivity contribution in [3.05, 3.63) is 93.4 Å². The fourth-order valence-electron chi connectivity index (χ4n) is 4.92. The van der Waals surface area contributed by atoms with E-state index in [0.717, 1.165) is 39.0 Å². The number of carboxylic acid groups (broad SMARTS) is 1. The number of fused-ring (bicyclic) bond motifs is 2.